The minimum absolute atomic E-state index is 0.570. The number of rotatable bonds is 3. The molecule has 17 heavy (non-hydrogen) atoms. The van der Waals surface area contributed by atoms with E-state index in [1.54, 1.807) is 6.20 Å². The molecule has 3 nitrogen and oxygen atoms in total. The summed E-state index contributed by atoms with van der Waals surface area (Å²) < 4.78 is 0.980. The van der Waals surface area contributed by atoms with E-state index in [2.05, 4.69) is 20.9 Å². The zero-order valence-electron chi connectivity index (χ0n) is 9.60. The number of anilines is 2. The van der Waals surface area contributed by atoms with Crippen LogP contribution in [0, 0.1) is 0 Å². The zero-order valence-corrected chi connectivity index (χ0v) is 11.2. The summed E-state index contributed by atoms with van der Waals surface area (Å²) in [6.07, 6.45) is 1.79. The molecule has 1 aromatic heterocycles. The first-order chi connectivity index (χ1) is 8.20. The Morgan fingerprint density at radius 2 is 1.88 bits per heavy atom. The highest BCUT2D eigenvalue weighted by Gasteiger charge is 2.04. The van der Waals surface area contributed by atoms with Gasteiger partial charge >= 0.3 is 0 Å². The third-order valence-electron chi connectivity index (χ3n) is 2.61. The van der Waals surface area contributed by atoms with Crippen molar-refractivity contribution in [2.24, 2.45) is 5.73 Å². The highest BCUT2D eigenvalue weighted by molar-refractivity contribution is 9.10. The second-order valence-corrected chi connectivity index (χ2v) is 4.68. The molecule has 1 heterocycles. The molecule has 0 atom stereocenters. The van der Waals surface area contributed by atoms with Gasteiger partial charge in [0.05, 0.1) is 0 Å². The first-order valence-corrected chi connectivity index (χ1v) is 6.14. The molecule has 0 fully saturated rings. The Labute approximate surface area is 109 Å². The molecule has 0 aliphatic carbocycles. The van der Waals surface area contributed by atoms with Gasteiger partial charge in [0.2, 0.25) is 0 Å². The highest BCUT2D eigenvalue weighted by Crippen LogP contribution is 2.22. The van der Waals surface area contributed by atoms with Crippen LogP contribution in [0.1, 0.15) is 5.56 Å². The van der Waals surface area contributed by atoms with Crippen LogP contribution in [0.15, 0.2) is 47.1 Å². The molecule has 0 bridgehead atoms. The lowest BCUT2D eigenvalue weighted by atomic mass is 10.2. The Morgan fingerprint density at radius 3 is 2.41 bits per heavy atom. The maximum atomic E-state index is 5.57. The SMILES string of the molecule is CN(c1ccc(CN)cc1)c1ccc(Br)cn1. The summed E-state index contributed by atoms with van der Waals surface area (Å²) in [6.45, 7) is 0.570. The molecule has 2 rings (SSSR count). The predicted molar refractivity (Wildman–Crippen MR) is 74.3 cm³/mol. The van der Waals surface area contributed by atoms with Crippen molar-refractivity contribution < 1.29 is 0 Å². The number of nitrogens with two attached hydrogens (primary N) is 1. The maximum absolute atomic E-state index is 5.57. The molecule has 0 saturated heterocycles. The van der Waals surface area contributed by atoms with Crippen molar-refractivity contribution >= 4 is 27.4 Å². The van der Waals surface area contributed by atoms with Crippen LogP contribution in [-0.2, 0) is 6.54 Å². The molecule has 0 spiro atoms. The van der Waals surface area contributed by atoms with Crippen molar-refractivity contribution in [1.82, 2.24) is 4.98 Å². The summed E-state index contributed by atoms with van der Waals surface area (Å²) in [7, 11) is 1.99. The quantitative estimate of drug-likeness (QED) is 0.945. The van der Waals surface area contributed by atoms with Gasteiger partial charge in [0.1, 0.15) is 5.82 Å². The fourth-order valence-corrected chi connectivity index (χ4v) is 1.79. The van der Waals surface area contributed by atoms with E-state index >= 15 is 0 Å². The van der Waals surface area contributed by atoms with Gasteiger partial charge in [-0.3, -0.25) is 0 Å². The van der Waals surface area contributed by atoms with E-state index in [0.29, 0.717) is 6.54 Å². The Morgan fingerprint density at radius 1 is 1.18 bits per heavy atom. The second-order valence-electron chi connectivity index (χ2n) is 3.76. The Hall–Kier alpha value is -1.39. The largest absolute Gasteiger partial charge is 0.329 e. The van der Waals surface area contributed by atoms with Gasteiger partial charge in [-0.2, -0.15) is 0 Å². The lowest BCUT2D eigenvalue weighted by molar-refractivity contribution is 1.06. The fourth-order valence-electron chi connectivity index (χ4n) is 1.55. The minimum atomic E-state index is 0.570. The normalized spacial score (nSPS) is 10.3. The highest BCUT2D eigenvalue weighted by atomic mass is 79.9. The van der Waals surface area contributed by atoms with E-state index in [1.807, 2.05) is 48.3 Å². The number of hydrogen-bond acceptors (Lipinski definition) is 3. The van der Waals surface area contributed by atoms with E-state index in [4.69, 9.17) is 5.73 Å². The second kappa shape index (κ2) is 5.29. The van der Waals surface area contributed by atoms with Crippen LogP contribution in [0.2, 0.25) is 0 Å². The summed E-state index contributed by atoms with van der Waals surface area (Å²) in [5.41, 5.74) is 7.80. The lowest BCUT2D eigenvalue weighted by Crippen LogP contribution is -2.11. The van der Waals surface area contributed by atoms with Gasteiger partial charge in [0, 0.05) is 29.9 Å². The van der Waals surface area contributed by atoms with Crippen molar-refractivity contribution in [1.29, 1.82) is 0 Å². The standard InChI is InChI=1S/C13H14BrN3/c1-17(13-7-4-11(14)9-16-13)12-5-2-10(8-15)3-6-12/h2-7,9H,8,15H2,1H3. The summed E-state index contributed by atoms with van der Waals surface area (Å²) in [6, 6.07) is 12.1. The molecule has 0 unspecified atom stereocenters. The van der Waals surface area contributed by atoms with Crippen molar-refractivity contribution in [2.45, 2.75) is 6.54 Å². The number of nitrogens with zero attached hydrogens (tertiary/aromatic N) is 2. The molecule has 2 aromatic rings. The zero-order chi connectivity index (χ0) is 12.3. The minimum Gasteiger partial charge on any atom is -0.329 e. The summed E-state index contributed by atoms with van der Waals surface area (Å²) in [5, 5.41) is 0. The molecule has 4 heteroatoms. The number of pyridine rings is 1. The van der Waals surface area contributed by atoms with E-state index < -0.39 is 0 Å². The summed E-state index contributed by atoms with van der Waals surface area (Å²) >= 11 is 3.37. The predicted octanol–water partition coefficient (Wildman–Crippen LogP) is 3.07. The molecule has 88 valence electrons. The summed E-state index contributed by atoms with van der Waals surface area (Å²) in [4.78, 5) is 6.39. The molecule has 0 saturated carbocycles. The first kappa shape index (κ1) is 12.1. The van der Waals surface area contributed by atoms with Gasteiger partial charge in [-0.25, -0.2) is 4.98 Å². The maximum Gasteiger partial charge on any atom is 0.132 e. The number of halogens is 1. The van der Waals surface area contributed by atoms with Gasteiger partial charge in [-0.15, -0.1) is 0 Å². The van der Waals surface area contributed by atoms with Crippen LogP contribution in [0.5, 0.6) is 0 Å². The van der Waals surface area contributed by atoms with Gasteiger partial charge < -0.3 is 10.6 Å². The van der Waals surface area contributed by atoms with Gasteiger partial charge in [-0.05, 0) is 45.8 Å². The molecular formula is C13H14BrN3. The Balaban J connectivity index is 2.23. The van der Waals surface area contributed by atoms with Gasteiger partial charge in [-0.1, -0.05) is 12.1 Å². The van der Waals surface area contributed by atoms with Crippen molar-refractivity contribution in [3.63, 3.8) is 0 Å². The van der Waals surface area contributed by atoms with Crippen molar-refractivity contribution in [2.75, 3.05) is 11.9 Å². The molecule has 2 N–H and O–H groups in total. The molecule has 0 radical (unpaired) electrons. The van der Waals surface area contributed by atoms with Crippen LogP contribution in [0.4, 0.5) is 11.5 Å². The topological polar surface area (TPSA) is 42.1 Å². The number of hydrogen-bond donors (Lipinski definition) is 1. The van der Waals surface area contributed by atoms with Crippen molar-refractivity contribution in [3.05, 3.63) is 52.6 Å². The van der Waals surface area contributed by atoms with E-state index in [0.717, 1.165) is 21.5 Å². The van der Waals surface area contributed by atoms with Crippen LogP contribution >= 0.6 is 15.9 Å². The molecule has 0 aliphatic heterocycles. The van der Waals surface area contributed by atoms with E-state index in [1.165, 1.54) is 0 Å². The molecule has 0 amide bonds. The average Bonchev–Trinajstić information content (AvgIpc) is 2.39. The molecular weight excluding hydrogens is 278 g/mol. The Kier molecular flexibility index (Phi) is 3.76. The third kappa shape index (κ3) is 2.84. The number of benzene rings is 1. The number of aromatic nitrogens is 1. The van der Waals surface area contributed by atoms with Gasteiger partial charge in [0.25, 0.3) is 0 Å². The van der Waals surface area contributed by atoms with Crippen molar-refractivity contribution in [3.8, 4) is 0 Å². The van der Waals surface area contributed by atoms with Crippen LogP contribution in [-0.4, -0.2) is 12.0 Å². The monoisotopic (exact) mass is 291 g/mol. The summed E-state index contributed by atoms with van der Waals surface area (Å²) in [5.74, 6) is 0.911. The van der Waals surface area contributed by atoms with Crippen LogP contribution in [0.3, 0.4) is 0 Å². The molecule has 0 aliphatic rings. The van der Waals surface area contributed by atoms with E-state index in [9.17, 15) is 0 Å². The Bertz CT molecular complexity index is 479. The van der Waals surface area contributed by atoms with Crippen LogP contribution < -0.4 is 10.6 Å². The first-order valence-electron chi connectivity index (χ1n) is 5.35. The third-order valence-corrected chi connectivity index (χ3v) is 3.08. The molecule has 1 aromatic carbocycles. The smallest absolute Gasteiger partial charge is 0.132 e. The van der Waals surface area contributed by atoms with Gasteiger partial charge in [0.15, 0.2) is 0 Å². The average molecular weight is 292 g/mol. The van der Waals surface area contributed by atoms with Crippen LogP contribution in [0.25, 0.3) is 0 Å². The lowest BCUT2D eigenvalue weighted by Gasteiger charge is -2.18. The fraction of sp³-hybridized carbons (Fsp3) is 0.154. The van der Waals surface area contributed by atoms with E-state index in [-0.39, 0.29) is 0 Å².